The number of halogens is 1. The van der Waals surface area contributed by atoms with Gasteiger partial charge in [-0.25, -0.2) is 4.39 Å². The molecule has 0 aliphatic carbocycles. The van der Waals surface area contributed by atoms with Crippen molar-refractivity contribution in [2.75, 3.05) is 12.4 Å². The molecule has 0 saturated heterocycles. The quantitative estimate of drug-likeness (QED) is 0.606. The van der Waals surface area contributed by atoms with Gasteiger partial charge in [0.1, 0.15) is 5.69 Å². The molecule has 0 heterocycles. The number of carboxylic acid groups (broad SMARTS) is 1. The minimum Gasteiger partial charge on any atom is -0.494 e. The highest BCUT2D eigenvalue weighted by atomic mass is 19.1. The fraction of sp³-hybridized carbons (Fsp3) is 0.364. The van der Waals surface area contributed by atoms with Crippen molar-refractivity contribution in [3.63, 3.8) is 0 Å². The zero-order chi connectivity index (χ0) is 14.6. The molecule has 104 valence electrons. The van der Waals surface area contributed by atoms with Crippen molar-refractivity contribution in [1.29, 1.82) is 0 Å². The van der Waals surface area contributed by atoms with Gasteiger partial charge >= 0.3 is 5.97 Å². The molecular weight excluding hydrogens is 259 g/mol. The summed E-state index contributed by atoms with van der Waals surface area (Å²) in [6, 6.07) is 1.31. The van der Waals surface area contributed by atoms with E-state index in [0.29, 0.717) is 0 Å². The Morgan fingerprint density at radius 2 is 2.26 bits per heavy atom. The molecule has 8 heteroatoms. The number of anilines is 1. The Hall–Kier alpha value is -2.38. The third-order valence-electron chi connectivity index (χ3n) is 2.35. The summed E-state index contributed by atoms with van der Waals surface area (Å²) in [7, 11) is 1.23. The normalized spacial score (nSPS) is 11.7. The number of carboxylic acids is 1. The van der Waals surface area contributed by atoms with Crippen LogP contribution in [0.2, 0.25) is 0 Å². The molecule has 1 aromatic carbocycles. The van der Waals surface area contributed by atoms with Gasteiger partial charge in [0.25, 0.3) is 5.69 Å². The number of aliphatic carboxylic acids is 1. The second kappa shape index (κ2) is 5.98. The Morgan fingerprint density at radius 3 is 2.74 bits per heavy atom. The van der Waals surface area contributed by atoms with Gasteiger partial charge in [0, 0.05) is 12.1 Å². The number of rotatable bonds is 6. The number of benzene rings is 1. The lowest BCUT2D eigenvalue weighted by Gasteiger charge is -2.14. The van der Waals surface area contributed by atoms with Crippen LogP contribution in [-0.2, 0) is 4.79 Å². The van der Waals surface area contributed by atoms with Crippen LogP contribution in [0.4, 0.5) is 15.8 Å². The zero-order valence-corrected chi connectivity index (χ0v) is 10.3. The van der Waals surface area contributed by atoms with E-state index in [0.717, 1.165) is 12.1 Å². The highest BCUT2D eigenvalue weighted by Crippen LogP contribution is 2.32. The Kier molecular flexibility index (Phi) is 4.62. The van der Waals surface area contributed by atoms with Crippen molar-refractivity contribution in [1.82, 2.24) is 0 Å². The van der Waals surface area contributed by atoms with E-state index in [1.807, 2.05) is 0 Å². The van der Waals surface area contributed by atoms with Crippen LogP contribution < -0.4 is 10.1 Å². The van der Waals surface area contributed by atoms with Crippen LogP contribution in [0, 0.1) is 15.9 Å². The third-order valence-corrected chi connectivity index (χ3v) is 2.35. The fourth-order valence-corrected chi connectivity index (χ4v) is 1.54. The van der Waals surface area contributed by atoms with Crippen LogP contribution in [0.3, 0.4) is 0 Å². The molecule has 0 aliphatic rings. The molecule has 7 nitrogen and oxygen atoms in total. The third kappa shape index (κ3) is 3.80. The Balaban J connectivity index is 3.09. The van der Waals surface area contributed by atoms with Gasteiger partial charge < -0.3 is 15.2 Å². The first-order valence-electron chi connectivity index (χ1n) is 5.35. The van der Waals surface area contributed by atoms with Gasteiger partial charge in [0.15, 0.2) is 11.6 Å². The van der Waals surface area contributed by atoms with E-state index in [9.17, 15) is 19.3 Å². The van der Waals surface area contributed by atoms with Crippen molar-refractivity contribution in [3.8, 4) is 5.75 Å². The van der Waals surface area contributed by atoms with E-state index in [-0.39, 0.29) is 17.9 Å². The van der Waals surface area contributed by atoms with E-state index in [2.05, 4.69) is 5.32 Å². The SMILES string of the molecule is COc1cc(NC(C)CC(=O)O)c([N+](=O)[O-])cc1F. The summed E-state index contributed by atoms with van der Waals surface area (Å²) in [6.07, 6.45) is -0.225. The Labute approximate surface area is 108 Å². The summed E-state index contributed by atoms with van der Waals surface area (Å²) >= 11 is 0. The number of carbonyl (C=O) groups is 1. The zero-order valence-electron chi connectivity index (χ0n) is 10.3. The first kappa shape index (κ1) is 14.7. The monoisotopic (exact) mass is 272 g/mol. The van der Waals surface area contributed by atoms with E-state index in [1.54, 1.807) is 6.92 Å². The molecule has 0 fully saturated rings. The van der Waals surface area contributed by atoms with E-state index < -0.39 is 28.4 Å². The van der Waals surface area contributed by atoms with Crippen molar-refractivity contribution in [3.05, 3.63) is 28.1 Å². The Morgan fingerprint density at radius 1 is 1.63 bits per heavy atom. The predicted octanol–water partition coefficient (Wildman–Crippen LogP) is 2.02. The molecular formula is C11H13FN2O5. The van der Waals surface area contributed by atoms with Crippen molar-refractivity contribution < 1.29 is 24.0 Å². The average molecular weight is 272 g/mol. The first-order valence-corrected chi connectivity index (χ1v) is 5.35. The summed E-state index contributed by atoms with van der Waals surface area (Å²) in [6.45, 7) is 1.55. The van der Waals surface area contributed by atoms with Gasteiger partial charge in [-0.15, -0.1) is 0 Å². The molecule has 0 bridgehead atoms. The molecule has 1 rings (SSSR count). The lowest BCUT2D eigenvalue weighted by Crippen LogP contribution is -2.20. The molecule has 19 heavy (non-hydrogen) atoms. The Bertz CT molecular complexity index is 506. The number of nitrogens with one attached hydrogen (secondary N) is 1. The minimum absolute atomic E-state index is 0.0111. The van der Waals surface area contributed by atoms with Gasteiger partial charge in [-0.3, -0.25) is 14.9 Å². The van der Waals surface area contributed by atoms with Crippen LogP contribution in [0.5, 0.6) is 5.75 Å². The number of nitro benzene ring substituents is 1. The largest absolute Gasteiger partial charge is 0.494 e. The highest BCUT2D eigenvalue weighted by Gasteiger charge is 2.20. The number of nitrogens with zero attached hydrogens (tertiary/aromatic N) is 1. The van der Waals surface area contributed by atoms with E-state index >= 15 is 0 Å². The van der Waals surface area contributed by atoms with E-state index in [1.165, 1.54) is 7.11 Å². The maximum absolute atomic E-state index is 13.4. The number of methoxy groups -OCH3 is 1. The molecule has 1 aromatic rings. The molecule has 0 aliphatic heterocycles. The summed E-state index contributed by atoms with van der Waals surface area (Å²) < 4.78 is 18.1. The second-order valence-corrected chi connectivity index (χ2v) is 3.90. The average Bonchev–Trinajstić information content (AvgIpc) is 2.29. The molecule has 0 spiro atoms. The van der Waals surface area contributed by atoms with Crippen LogP contribution in [0.1, 0.15) is 13.3 Å². The van der Waals surface area contributed by atoms with Gasteiger partial charge in [-0.05, 0) is 6.92 Å². The first-order chi connectivity index (χ1) is 8.85. The topological polar surface area (TPSA) is 102 Å². The maximum Gasteiger partial charge on any atom is 0.305 e. The molecule has 1 unspecified atom stereocenters. The predicted molar refractivity (Wildman–Crippen MR) is 64.9 cm³/mol. The van der Waals surface area contributed by atoms with E-state index in [4.69, 9.17) is 9.84 Å². The summed E-state index contributed by atoms with van der Waals surface area (Å²) in [5, 5.41) is 22.1. The molecule has 0 aromatic heterocycles. The molecule has 1 atom stereocenters. The van der Waals surface area contributed by atoms with Gasteiger partial charge in [-0.2, -0.15) is 0 Å². The van der Waals surface area contributed by atoms with Crippen LogP contribution in [0.25, 0.3) is 0 Å². The summed E-state index contributed by atoms with van der Waals surface area (Å²) in [5.41, 5.74) is -0.465. The highest BCUT2D eigenvalue weighted by molar-refractivity contribution is 5.70. The van der Waals surface area contributed by atoms with Gasteiger partial charge in [0.2, 0.25) is 0 Å². The van der Waals surface area contributed by atoms with Crippen molar-refractivity contribution in [2.24, 2.45) is 0 Å². The number of hydrogen-bond acceptors (Lipinski definition) is 5. The molecule has 0 amide bonds. The van der Waals surface area contributed by atoms with Gasteiger partial charge in [0.05, 0.1) is 24.5 Å². The molecule has 2 N–H and O–H groups in total. The van der Waals surface area contributed by atoms with Crippen LogP contribution >= 0.6 is 0 Å². The minimum atomic E-state index is -1.04. The van der Waals surface area contributed by atoms with Gasteiger partial charge in [-0.1, -0.05) is 0 Å². The smallest absolute Gasteiger partial charge is 0.305 e. The van der Waals surface area contributed by atoms with Crippen molar-refractivity contribution >= 4 is 17.3 Å². The second-order valence-electron chi connectivity index (χ2n) is 3.90. The lowest BCUT2D eigenvalue weighted by molar-refractivity contribution is -0.384. The summed E-state index contributed by atoms with van der Waals surface area (Å²) in [4.78, 5) is 20.6. The van der Waals surface area contributed by atoms with Crippen LogP contribution in [-0.4, -0.2) is 29.2 Å². The molecule has 0 saturated carbocycles. The summed E-state index contributed by atoms with van der Waals surface area (Å²) in [5.74, 6) is -2.06. The fourth-order valence-electron chi connectivity index (χ4n) is 1.54. The number of hydrogen-bond donors (Lipinski definition) is 2. The maximum atomic E-state index is 13.4. The number of ether oxygens (including phenoxy) is 1. The van der Waals surface area contributed by atoms with Crippen molar-refractivity contribution in [2.45, 2.75) is 19.4 Å². The molecule has 0 radical (unpaired) electrons. The lowest BCUT2D eigenvalue weighted by atomic mass is 10.2. The van der Waals surface area contributed by atoms with Crippen LogP contribution in [0.15, 0.2) is 12.1 Å². The number of nitro groups is 1. The standard InChI is InChI=1S/C11H13FN2O5/c1-6(3-11(15)16)13-8-5-10(19-2)7(12)4-9(8)14(17)18/h4-6,13H,3H2,1-2H3,(H,15,16).